The molecule has 1 unspecified atom stereocenters. The molecule has 1 saturated heterocycles. The van der Waals surface area contributed by atoms with E-state index in [1.807, 2.05) is 6.92 Å². The summed E-state index contributed by atoms with van der Waals surface area (Å²) in [5.74, 6) is 1.96. The fourth-order valence-corrected chi connectivity index (χ4v) is 4.63. The lowest BCUT2D eigenvalue weighted by Crippen LogP contribution is -2.44. The largest absolute Gasteiger partial charge is 0.495 e. The van der Waals surface area contributed by atoms with E-state index in [0.717, 1.165) is 61.6 Å². The van der Waals surface area contributed by atoms with Gasteiger partial charge in [-0.1, -0.05) is 12.8 Å². The van der Waals surface area contributed by atoms with Gasteiger partial charge in [0.15, 0.2) is 0 Å². The summed E-state index contributed by atoms with van der Waals surface area (Å²) in [7, 11) is 0. The van der Waals surface area contributed by atoms with Crippen LogP contribution in [0.3, 0.4) is 0 Å². The molecule has 6 heteroatoms. The highest BCUT2D eigenvalue weighted by molar-refractivity contribution is 6.28. The third-order valence-corrected chi connectivity index (χ3v) is 5.93. The van der Waals surface area contributed by atoms with Crippen LogP contribution in [0.4, 0.5) is 5.82 Å². The highest BCUT2D eigenvalue weighted by Crippen LogP contribution is 2.42. The lowest BCUT2D eigenvalue weighted by Gasteiger charge is -2.41. The minimum Gasteiger partial charge on any atom is -0.495 e. The minimum atomic E-state index is -0.380. The second kappa shape index (κ2) is 7.73. The van der Waals surface area contributed by atoms with E-state index in [2.05, 4.69) is 20.9 Å². The Kier molecular flexibility index (Phi) is 5.37. The van der Waals surface area contributed by atoms with Crippen LogP contribution in [0.1, 0.15) is 63.1 Å². The van der Waals surface area contributed by atoms with Crippen molar-refractivity contribution in [2.75, 3.05) is 24.6 Å². The number of ether oxygens (including phenoxy) is 2. The van der Waals surface area contributed by atoms with Crippen molar-refractivity contribution in [2.45, 2.75) is 70.5 Å². The van der Waals surface area contributed by atoms with Gasteiger partial charge in [0.05, 0.1) is 18.9 Å². The normalized spacial score (nSPS) is 26.2. The number of halogens is 1. The van der Waals surface area contributed by atoms with Crippen molar-refractivity contribution in [3.63, 3.8) is 0 Å². The molecule has 142 valence electrons. The van der Waals surface area contributed by atoms with E-state index < -0.39 is 0 Å². The van der Waals surface area contributed by atoms with E-state index in [4.69, 9.17) is 21.1 Å². The Bertz CT molecular complexity index is 686. The van der Waals surface area contributed by atoms with Crippen LogP contribution in [0.5, 0.6) is 0 Å². The van der Waals surface area contributed by atoms with Crippen LogP contribution in [-0.2, 0) is 22.5 Å². The number of nitrogens with zero attached hydrogens (tertiary/aromatic N) is 3. The second-order valence-corrected chi connectivity index (χ2v) is 7.83. The van der Waals surface area contributed by atoms with Gasteiger partial charge >= 0.3 is 0 Å². The molecule has 0 amide bonds. The van der Waals surface area contributed by atoms with Crippen molar-refractivity contribution in [1.29, 1.82) is 0 Å². The summed E-state index contributed by atoms with van der Waals surface area (Å²) in [6, 6.07) is 0. The van der Waals surface area contributed by atoms with Crippen molar-refractivity contribution in [2.24, 2.45) is 0 Å². The summed E-state index contributed by atoms with van der Waals surface area (Å²) in [6.45, 7) is 5.29. The standard InChI is InChI=1S/C20H28ClN3O2/c1-2-25-17-9-5-6-10-20(17)13-16-15(14-26-20)18(23-19(21)22-16)24-11-7-3-4-8-12-24/h9H,2-8,10-14H2,1H3. The Labute approximate surface area is 160 Å². The predicted octanol–water partition coefficient (Wildman–Crippen LogP) is 4.43. The van der Waals surface area contributed by atoms with E-state index >= 15 is 0 Å². The first-order valence-corrected chi connectivity index (χ1v) is 10.4. The molecule has 1 aromatic heterocycles. The molecule has 1 spiro atoms. The average molecular weight is 378 g/mol. The fourth-order valence-electron chi connectivity index (χ4n) is 4.45. The number of hydrogen-bond acceptors (Lipinski definition) is 5. The third-order valence-electron chi connectivity index (χ3n) is 5.76. The van der Waals surface area contributed by atoms with E-state index in [1.165, 1.54) is 25.7 Å². The number of allylic oxidation sites excluding steroid dienone is 1. The maximum Gasteiger partial charge on any atom is 0.224 e. The average Bonchev–Trinajstić information content (AvgIpc) is 2.92. The molecule has 0 aromatic carbocycles. The zero-order chi connectivity index (χ0) is 18.0. The van der Waals surface area contributed by atoms with Gasteiger partial charge in [0.25, 0.3) is 0 Å². The van der Waals surface area contributed by atoms with Gasteiger partial charge in [0.1, 0.15) is 17.2 Å². The summed E-state index contributed by atoms with van der Waals surface area (Å²) >= 11 is 6.33. The predicted molar refractivity (Wildman–Crippen MR) is 103 cm³/mol. The maximum absolute atomic E-state index is 6.46. The minimum absolute atomic E-state index is 0.345. The van der Waals surface area contributed by atoms with E-state index in [9.17, 15) is 0 Å². The molecule has 5 nitrogen and oxygen atoms in total. The molecule has 26 heavy (non-hydrogen) atoms. The van der Waals surface area contributed by atoms with Gasteiger partial charge in [-0.15, -0.1) is 0 Å². The highest BCUT2D eigenvalue weighted by Gasteiger charge is 2.43. The maximum atomic E-state index is 6.46. The van der Waals surface area contributed by atoms with Crippen LogP contribution in [0.15, 0.2) is 11.8 Å². The molecule has 1 aliphatic carbocycles. The van der Waals surface area contributed by atoms with Gasteiger partial charge < -0.3 is 14.4 Å². The Morgan fingerprint density at radius 1 is 1.19 bits per heavy atom. The zero-order valence-corrected chi connectivity index (χ0v) is 16.4. The quantitative estimate of drug-likeness (QED) is 0.729. The van der Waals surface area contributed by atoms with Gasteiger partial charge in [-0.3, -0.25) is 0 Å². The van der Waals surface area contributed by atoms with Crippen LogP contribution >= 0.6 is 11.6 Å². The summed E-state index contributed by atoms with van der Waals surface area (Å²) in [6.07, 6.45) is 11.0. The van der Waals surface area contributed by atoms with Crippen molar-refractivity contribution in [1.82, 2.24) is 9.97 Å². The summed E-state index contributed by atoms with van der Waals surface area (Å²) in [5.41, 5.74) is 1.76. The van der Waals surface area contributed by atoms with E-state index in [1.54, 1.807) is 0 Å². The molecule has 1 aromatic rings. The molecule has 3 aliphatic rings. The summed E-state index contributed by atoms with van der Waals surface area (Å²) < 4.78 is 12.4. The Morgan fingerprint density at radius 3 is 2.77 bits per heavy atom. The lowest BCUT2D eigenvalue weighted by atomic mass is 9.82. The Morgan fingerprint density at radius 2 is 2.00 bits per heavy atom. The molecule has 3 heterocycles. The first-order chi connectivity index (χ1) is 12.7. The Hall–Kier alpha value is -1.33. The molecule has 0 radical (unpaired) electrons. The second-order valence-electron chi connectivity index (χ2n) is 7.50. The van der Waals surface area contributed by atoms with Crippen molar-refractivity contribution >= 4 is 17.4 Å². The van der Waals surface area contributed by atoms with Gasteiger partial charge in [-0.2, -0.15) is 0 Å². The smallest absolute Gasteiger partial charge is 0.224 e. The van der Waals surface area contributed by atoms with Crippen LogP contribution in [0.2, 0.25) is 5.28 Å². The first kappa shape index (κ1) is 18.1. The number of rotatable bonds is 3. The number of anilines is 1. The molecule has 0 bridgehead atoms. The van der Waals surface area contributed by atoms with Crippen LogP contribution in [-0.4, -0.2) is 35.3 Å². The monoisotopic (exact) mass is 377 g/mol. The van der Waals surface area contributed by atoms with Gasteiger partial charge in [-0.25, -0.2) is 9.97 Å². The van der Waals surface area contributed by atoms with Gasteiger partial charge in [-0.05, 0) is 56.7 Å². The van der Waals surface area contributed by atoms with E-state index in [0.29, 0.717) is 18.5 Å². The molecular weight excluding hydrogens is 350 g/mol. The first-order valence-electron chi connectivity index (χ1n) is 9.99. The Balaban J connectivity index is 1.67. The highest BCUT2D eigenvalue weighted by atomic mass is 35.5. The zero-order valence-electron chi connectivity index (χ0n) is 15.6. The fraction of sp³-hybridized carbons (Fsp3) is 0.700. The van der Waals surface area contributed by atoms with Crippen LogP contribution in [0.25, 0.3) is 0 Å². The molecule has 0 saturated carbocycles. The molecular formula is C20H28ClN3O2. The molecule has 0 N–H and O–H groups in total. The topological polar surface area (TPSA) is 47.5 Å². The number of hydrogen-bond donors (Lipinski definition) is 0. The van der Waals surface area contributed by atoms with Crippen molar-refractivity contribution in [3.05, 3.63) is 28.4 Å². The number of fused-ring (bicyclic) bond motifs is 1. The van der Waals surface area contributed by atoms with Gasteiger partial charge in [0, 0.05) is 25.1 Å². The van der Waals surface area contributed by atoms with Crippen LogP contribution < -0.4 is 4.90 Å². The summed E-state index contributed by atoms with van der Waals surface area (Å²) in [5, 5.41) is 0.345. The SMILES string of the molecule is CCOC1=CCCCC12Cc1nc(Cl)nc(N3CCCCCC3)c1CO2. The number of aromatic nitrogens is 2. The van der Waals surface area contributed by atoms with Crippen molar-refractivity contribution in [3.8, 4) is 0 Å². The molecule has 2 aliphatic heterocycles. The third kappa shape index (κ3) is 3.44. The molecule has 1 fully saturated rings. The lowest BCUT2D eigenvalue weighted by molar-refractivity contribution is -0.0855. The van der Waals surface area contributed by atoms with E-state index in [-0.39, 0.29) is 5.60 Å². The van der Waals surface area contributed by atoms with Gasteiger partial charge in [0.2, 0.25) is 5.28 Å². The molecule has 1 atom stereocenters. The van der Waals surface area contributed by atoms with Crippen LogP contribution in [0, 0.1) is 0 Å². The molecule has 4 rings (SSSR count). The van der Waals surface area contributed by atoms with Crippen molar-refractivity contribution < 1.29 is 9.47 Å². The summed E-state index contributed by atoms with van der Waals surface area (Å²) in [4.78, 5) is 11.6.